The summed E-state index contributed by atoms with van der Waals surface area (Å²) in [5, 5.41) is 3.31. The molecule has 120 valence electrons. The number of hydrogen-bond acceptors (Lipinski definition) is 1. The number of rotatable bonds is 7. The fourth-order valence-corrected chi connectivity index (χ4v) is 3.09. The van der Waals surface area contributed by atoms with Crippen LogP contribution in [0.2, 0.25) is 0 Å². The zero-order chi connectivity index (χ0) is 16.0. The predicted molar refractivity (Wildman–Crippen MR) is 84.3 cm³/mol. The number of halogens is 4. The third-order valence-corrected chi connectivity index (χ3v) is 4.29. The summed E-state index contributed by atoms with van der Waals surface area (Å²) in [5.74, 6) is 0.473. The highest BCUT2D eigenvalue weighted by Crippen LogP contribution is 2.35. The predicted octanol–water partition coefficient (Wildman–Crippen LogP) is 5.94. The molecule has 0 spiro atoms. The van der Waals surface area contributed by atoms with Crippen LogP contribution < -0.4 is 5.32 Å². The highest BCUT2D eigenvalue weighted by Gasteiger charge is 2.31. The first-order valence-corrected chi connectivity index (χ1v) is 8.18. The van der Waals surface area contributed by atoms with Crippen LogP contribution in [0.25, 0.3) is 0 Å². The molecule has 2 unspecified atom stereocenters. The molecule has 0 aliphatic rings. The van der Waals surface area contributed by atoms with Crippen molar-refractivity contribution in [1.29, 1.82) is 0 Å². The van der Waals surface area contributed by atoms with E-state index in [2.05, 4.69) is 35.1 Å². The normalized spacial score (nSPS) is 15.0. The summed E-state index contributed by atoms with van der Waals surface area (Å²) in [5.41, 5.74) is 0.0985. The summed E-state index contributed by atoms with van der Waals surface area (Å²) >= 11 is 3.39. The lowest BCUT2D eigenvalue weighted by molar-refractivity contribution is -0.137. The Labute approximate surface area is 133 Å². The van der Waals surface area contributed by atoms with Gasteiger partial charge in [-0.3, -0.25) is 0 Å². The molecule has 1 N–H and O–H groups in total. The fourth-order valence-electron chi connectivity index (χ4n) is 2.57. The largest absolute Gasteiger partial charge is 0.416 e. The topological polar surface area (TPSA) is 12.0 Å². The smallest absolute Gasteiger partial charge is 0.310 e. The van der Waals surface area contributed by atoms with Crippen molar-refractivity contribution in [2.45, 2.75) is 52.3 Å². The molecule has 0 fully saturated rings. The lowest BCUT2D eigenvalue weighted by atomic mass is 9.92. The van der Waals surface area contributed by atoms with Crippen LogP contribution >= 0.6 is 15.9 Å². The van der Waals surface area contributed by atoms with Crippen LogP contribution in [0.15, 0.2) is 22.7 Å². The summed E-state index contributed by atoms with van der Waals surface area (Å²) < 4.78 is 39.4. The lowest BCUT2D eigenvalue weighted by Gasteiger charge is -2.24. The van der Waals surface area contributed by atoms with E-state index in [9.17, 15) is 13.2 Å². The van der Waals surface area contributed by atoms with Crippen molar-refractivity contribution < 1.29 is 13.2 Å². The van der Waals surface area contributed by atoms with Gasteiger partial charge >= 0.3 is 6.18 Å². The minimum Gasteiger partial charge on any atom is -0.310 e. The van der Waals surface area contributed by atoms with Gasteiger partial charge in [-0.25, -0.2) is 0 Å². The minimum atomic E-state index is -4.30. The van der Waals surface area contributed by atoms with Crippen LogP contribution in [0, 0.1) is 5.92 Å². The molecule has 0 amide bonds. The summed E-state index contributed by atoms with van der Waals surface area (Å²) in [6.07, 6.45) is -1.30. The quantitative estimate of drug-likeness (QED) is 0.629. The van der Waals surface area contributed by atoms with Gasteiger partial charge in [0.2, 0.25) is 0 Å². The Kier molecular flexibility index (Phi) is 7.21. The molecule has 0 aliphatic carbocycles. The second-order valence-electron chi connectivity index (χ2n) is 5.47. The van der Waals surface area contributed by atoms with Crippen molar-refractivity contribution in [2.24, 2.45) is 5.92 Å². The Balaban J connectivity index is 3.06. The third kappa shape index (κ3) is 5.62. The number of benzene rings is 1. The van der Waals surface area contributed by atoms with E-state index in [0.717, 1.165) is 36.3 Å². The molecule has 0 aliphatic heterocycles. The van der Waals surface area contributed by atoms with Gasteiger partial charge in [0, 0.05) is 10.5 Å². The molecular formula is C16H23BrF3N. The van der Waals surface area contributed by atoms with Gasteiger partial charge in [0.05, 0.1) is 5.56 Å². The first-order chi connectivity index (χ1) is 9.79. The van der Waals surface area contributed by atoms with E-state index in [1.165, 1.54) is 12.1 Å². The van der Waals surface area contributed by atoms with E-state index in [1.807, 2.05) is 6.92 Å². The van der Waals surface area contributed by atoms with E-state index >= 15 is 0 Å². The molecular weight excluding hydrogens is 343 g/mol. The third-order valence-electron chi connectivity index (χ3n) is 3.57. The van der Waals surface area contributed by atoms with Gasteiger partial charge in [-0.2, -0.15) is 13.2 Å². The number of nitrogens with one attached hydrogen (secondary N) is 1. The summed E-state index contributed by atoms with van der Waals surface area (Å²) in [7, 11) is 0. The van der Waals surface area contributed by atoms with Crippen molar-refractivity contribution in [3.63, 3.8) is 0 Å². The SMILES string of the molecule is CCCC(C)CC(NCC)c1cc(C(F)(F)F)ccc1Br. The molecule has 0 aromatic heterocycles. The Bertz CT molecular complexity index is 446. The maximum absolute atomic E-state index is 12.9. The maximum Gasteiger partial charge on any atom is 0.416 e. The van der Waals surface area contributed by atoms with Crippen molar-refractivity contribution in [3.05, 3.63) is 33.8 Å². The van der Waals surface area contributed by atoms with Crippen LogP contribution in [-0.4, -0.2) is 6.54 Å². The minimum absolute atomic E-state index is 0.0618. The molecule has 0 heterocycles. The standard InChI is InChI=1S/C16H23BrF3N/c1-4-6-11(3)9-15(21-5-2)13-10-12(16(18,19)20)7-8-14(13)17/h7-8,10-11,15,21H,4-6,9H2,1-3H3. The summed E-state index contributed by atoms with van der Waals surface area (Å²) in [6, 6.07) is 3.81. The van der Waals surface area contributed by atoms with E-state index < -0.39 is 11.7 Å². The summed E-state index contributed by atoms with van der Waals surface area (Å²) in [6.45, 7) is 6.97. The monoisotopic (exact) mass is 365 g/mol. The van der Waals surface area contributed by atoms with Crippen molar-refractivity contribution in [1.82, 2.24) is 5.32 Å². The Morgan fingerprint density at radius 2 is 1.90 bits per heavy atom. The Morgan fingerprint density at radius 3 is 2.43 bits per heavy atom. The van der Waals surface area contributed by atoms with Crippen LogP contribution in [0.1, 0.15) is 57.2 Å². The van der Waals surface area contributed by atoms with Gasteiger partial charge in [-0.1, -0.05) is 49.5 Å². The van der Waals surface area contributed by atoms with Crippen molar-refractivity contribution in [3.8, 4) is 0 Å². The summed E-state index contributed by atoms with van der Waals surface area (Å²) in [4.78, 5) is 0. The Morgan fingerprint density at radius 1 is 1.24 bits per heavy atom. The zero-order valence-corrected chi connectivity index (χ0v) is 14.3. The molecule has 1 rings (SSSR count). The highest BCUT2D eigenvalue weighted by molar-refractivity contribution is 9.10. The van der Waals surface area contributed by atoms with Gasteiger partial charge in [-0.15, -0.1) is 0 Å². The molecule has 1 aromatic carbocycles. The van der Waals surface area contributed by atoms with Crippen molar-refractivity contribution in [2.75, 3.05) is 6.54 Å². The van der Waals surface area contributed by atoms with E-state index in [-0.39, 0.29) is 6.04 Å². The second kappa shape index (κ2) is 8.18. The van der Waals surface area contributed by atoms with E-state index in [1.54, 1.807) is 0 Å². The van der Waals surface area contributed by atoms with Gasteiger partial charge in [0.15, 0.2) is 0 Å². The van der Waals surface area contributed by atoms with Gasteiger partial charge < -0.3 is 5.32 Å². The van der Waals surface area contributed by atoms with Gasteiger partial charge in [-0.05, 0) is 42.6 Å². The van der Waals surface area contributed by atoms with Gasteiger partial charge in [0.1, 0.15) is 0 Å². The molecule has 1 aromatic rings. The molecule has 1 nitrogen and oxygen atoms in total. The first kappa shape index (κ1) is 18.5. The van der Waals surface area contributed by atoms with Crippen molar-refractivity contribution >= 4 is 15.9 Å². The number of hydrogen-bond donors (Lipinski definition) is 1. The molecule has 0 radical (unpaired) electrons. The zero-order valence-electron chi connectivity index (χ0n) is 12.7. The fraction of sp³-hybridized carbons (Fsp3) is 0.625. The molecule has 0 saturated heterocycles. The van der Waals surface area contributed by atoms with E-state index in [0.29, 0.717) is 11.5 Å². The van der Waals surface area contributed by atoms with Crippen LogP contribution in [0.5, 0.6) is 0 Å². The molecule has 5 heteroatoms. The first-order valence-electron chi connectivity index (χ1n) is 7.39. The second-order valence-corrected chi connectivity index (χ2v) is 6.33. The van der Waals surface area contributed by atoms with E-state index in [4.69, 9.17) is 0 Å². The lowest BCUT2D eigenvalue weighted by Crippen LogP contribution is -2.24. The molecule has 2 atom stereocenters. The Hall–Kier alpha value is -0.550. The van der Waals surface area contributed by atoms with Crippen LogP contribution in [0.3, 0.4) is 0 Å². The highest BCUT2D eigenvalue weighted by atomic mass is 79.9. The van der Waals surface area contributed by atoms with Gasteiger partial charge in [0.25, 0.3) is 0 Å². The number of alkyl halides is 3. The molecule has 21 heavy (non-hydrogen) atoms. The molecule has 0 bridgehead atoms. The average Bonchev–Trinajstić information content (AvgIpc) is 2.37. The maximum atomic E-state index is 12.9. The average molecular weight is 366 g/mol. The van der Waals surface area contributed by atoms with Crippen LogP contribution in [0.4, 0.5) is 13.2 Å². The van der Waals surface area contributed by atoms with Crippen LogP contribution in [-0.2, 0) is 6.18 Å². The molecule has 0 saturated carbocycles.